The fraction of sp³-hybridized carbons (Fsp3) is 0.462. The van der Waals surface area contributed by atoms with Gasteiger partial charge >= 0.3 is 0 Å². The second-order valence-electron chi connectivity index (χ2n) is 4.53. The van der Waals surface area contributed by atoms with Crippen LogP contribution in [-0.2, 0) is 13.6 Å². The molecule has 2 N–H and O–H groups in total. The Balaban J connectivity index is 1.82. The topological polar surface area (TPSA) is 78.7 Å². The standard InChI is InChI=1S/C13H18ClN5O2S/c1-19-13(16-17-18-19)22-5-4-15-8-9-6-10(14)12(21-3)11(7-9)20-2/h6-7,15H,4-5,8H2,1-3H3/p+1. The molecule has 0 atom stereocenters. The molecule has 1 heterocycles. The summed E-state index contributed by atoms with van der Waals surface area (Å²) in [5, 5.41) is 14.9. The van der Waals surface area contributed by atoms with Crippen LogP contribution in [-0.4, -0.2) is 46.7 Å². The molecule has 9 heteroatoms. The molecule has 0 aliphatic rings. The van der Waals surface area contributed by atoms with Crippen molar-refractivity contribution in [3.8, 4) is 11.5 Å². The normalized spacial score (nSPS) is 10.7. The van der Waals surface area contributed by atoms with Crippen molar-refractivity contribution in [3.63, 3.8) is 0 Å². The smallest absolute Gasteiger partial charge is 0.209 e. The van der Waals surface area contributed by atoms with Crippen LogP contribution >= 0.6 is 23.4 Å². The molecule has 120 valence electrons. The third-order valence-electron chi connectivity index (χ3n) is 3.01. The molecular weight excluding hydrogens is 326 g/mol. The van der Waals surface area contributed by atoms with Crippen LogP contribution in [0.25, 0.3) is 0 Å². The highest BCUT2D eigenvalue weighted by atomic mass is 35.5. The largest absolute Gasteiger partial charge is 0.493 e. The van der Waals surface area contributed by atoms with Gasteiger partial charge in [0.15, 0.2) is 11.5 Å². The molecule has 0 aliphatic heterocycles. The lowest BCUT2D eigenvalue weighted by atomic mass is 10.2. The van der Waals surface area contributed by atoms with E-state index in [1.807, 2.05) is 19.2 Å². The Bertz CT molecular complexity index is 622. The first kappa shape index (κ1) is 16.9. The summed E-state index contributed by atoms with van der Waals surface area (Å²) in [7, 11) is 5.01. The van der Waals surface area contributed by atoms with Crippen LogP contribution in [0.4, 0.5) is 0 Å². The van der Waals surface area contributed by atoms with E-state index in [1.165, 1.54) is 0 Å². The van der Waals surface area contributed by atoms with E-state index in [0.29, 0.717) is 16.5 Å². The van der Waals surface area contributed by atoms with Gasteiger partial charge < -0.3 is 14.8 Å². The molecule has 0 saturated heterocycles. The summed E-state index contributed by atoms with van der Waals surface area (Å²) in [6.07, 6.45) is 0. The van der Waals surface area contributed by atoms with Gasteiger partial charge in [-0.2, -0.15) is 0 Å². The molecule has 2 aromatic rings. The monoisotopic (exact) mass is 344 g/mol. The van der Waals surface area contributed by atoms with Crippen LogP contribution in [0.5, 0.6) is 11.5 Å². The number of rotatable bonds is 8. The summed E-state index contributed by atoms with van der Waals surface area (Å²) in [6, 6.07) is 3.85. The molecule has 22 heavy (non-hydrogen) atoms. The fourth-order valence-corrected chi connectivity index (χ4v) is 3.03. The molecule has 7 nitrogen and oxygen atoms in total. The zero-order valence-electron chi connectivity index (χ0n) is 12.7. The first-order chi connectivity index (χ1) is 10.7. The van der Waals surface area contributed by atoms with Crippen molar-refractivity contribution in [3.05, 3.63) is 22.7 Å². The van der Waals surface area contributed by atoms with E-state index in [4.69, 9.17) is 21.1 Å². The van der Waals surface area contributed by atoms with Crippen molar-refractivity contribution in [1.29, 1.82) is 0 Å². The number of thioether (sulfide) groups is 1. The zero-order valence-corrected chi connectivity index (χ0v) is 14.3. The second-order valence-corrected chi connectivity index (χ2v) is 6.00. The Morgan fingerprint density at radius 2 is 2.14 bits per heavy atom. The van der Waals surface area contributed by atoms with Gasteiger partial charge in [-0.05, 0) is 22.6 Å². The molecule has 1 aromatic carbocycles. The fourth-order valence-electron chi connectivity index (χ4n) is 1.93. The van der Waals surface area contributed by atoms with Gasteiger partial charge in [0.25, 0.3) is 0 Å². The van der Waals surface area contributed by atoms with Crippen molar-refractivity contribution in [2.45, 2.75) is 11.7 Å². The maximum Gasteiger partial charge on any atom is 0.209 e. The molecule has 1 aromatic heterocycles. The quantitative estimate of drug-likeness (QED) is 0.562. The number of halogens is 1. The number of aryl methyl sites for hydroxylation is 1. The van der Waals surface area contributed by atoms with Crippen LogP contribution < -0.4 is 14.8 Å². The van der Waals surface area contributed by atoms with Gasteiger partial charge in [-0.1, -0.05) is 23.4 Å². The third kappa shape index (κ3) is 4.25. The lowest BCUT2D eigenvalue weighted by Crippen LogP contribution is -2.83. The number of hydrogen-bond donors (Lipinski definition) is 1. The Hall–Kier alpha value is -1.51. The summed E-state index contributed by atoms with van der Waals surface area (Å²) in [6.45, 7) is 1.77. The Kier molecular flexibility index (Phi) is 6.29. The average Bonchev–Trinajstić information content (AvgIpc) is 2.91. The minimum absolute atomic E-state index is 0.560. The van der Waals surface area contributed by atoms with E-state index < -0.39 is 0 Å². The Morgan fingerprint density at radius 1 is 1.32 bits per heavy atom. The van der Waals surface area contributed by atoms with E-state index >= 15 is 0 Å². The van der Waals surface area contributed by atoms with Crippen LogP contribution in [0.1, 0.15) is 5.56 Å². The number of nitrogens with two attached hydrogens (primary N) is 1. The first-order valence-corrected chi connectivity index (χ1v) is 8.09. The second kappa shape index (κ2) is 8.21. The SMILES string of the molecule is COc1cc(C[NH2+]CCSc2nnnn2C)cc(Cl)c1OC. The molecule has 2 rings (SSSR count). The van der Waals surface area contributed by atoms with Crippen molar-refractivity contribution in [1.82, 2.24) is 20.2 Å². The van der Waals surface area contributed by atoms with E-state index in [0.717, 1.165) is 29.6 Å². The van der Waals surface area contributed by atoms with Gasteiger partial charge in [-0.25, -0.2) is 4.68 Å². The molecule has 0 spiro atoms. The highest BCUT2D eigenvalue weighted by molar-refractivity contribution is 7.99. The molecule has 0 radical (unpaired) electrons. The molecule has 0 saturated carbocycles. The van der Waals surface area contributed by atoms with Gasteiger partial charge in [0.05, 0.1) is 31.5 Å². The predicted octanol–water partition coefficient (Wildman–Crippen LogP) is 0.736. The Labute approximate surface area is 138 Å². The molecule has 0 bridgehead atoms. The highest BCUT2D eigenvalue weighted by Gasteiger charge is 2.11. The predicted molar refractivity (Wildman–Crippen MR) is 84.6 cm³/mol. The van der Waals surface area contributed by atoms with E-state index in [9.17, 15) is 0 Å². The van der Waals surface area contributed by atoms with Gasteiger partial charge in [0.2, 0.25) is 5.16 Å². The number of quaternary nitrogens is 1. The number of methoxy groups -OCH3 is 2. The number of ether oxygens (including phenoxy) is 2. The summed E-state index contributed by atoms with van der Waals surface area (Å²) in [5.74, 6) is 2.14. The average molecular weight is 345 g/mol. The number of aromatic nitrogens is 4. The molecule has 0 fully saturated rings. The third-order valence-corrected chi connectivity index (χ3v) is 4.33. The first-order valence-electron chi connectivity index (χ1n) is 6.73. The number of benzene rings is 1. The zero-order chi connectivity index (χ0) is 15.9. The van der Waals surface area contributed by atoms with Crippen molar-refractivity contribution >= 4 is 23.4 Å². The van der Waals surface area contributed by atoms with Crippen molar-refractivity contribution in [2.24, 2.45) is 7.05 Å². The maximum absolute atomic E-state index is 6.19. The molecule has 0 aliphatic carbocycles. The lowest BCUT2D eigenvalue weighted by molar-refractivity contribution is -0.666. The van der Waals surface area contributed by atoms with Gasteiger partial charge in [0, 0.05) is 12.6 Å². The summed E-state index contributed by atoms with van der Waals surface area (Å²) in [5.41, 5.74) is 1.09. The molecular formula is C13H19ClN5O2S+. The Morgan fingerprint density at radius 3 is 2.77 bits per heavy atom. The van der Waals surface area contributed by atoms with Gasteiger partial charge in [-0.15, -0.1) is 5.10 Å². The summed E-state index contributed by atoms with van der Waals surface area (Å²) >= 11 is 7.82. The van der Waals surface area contributed by atoms with Crippen LogP contribution in [0.2, 0.25) is 5.02 Å². The summed E-state index contributed by atoms with van der Waals surface area (Å²) in [4.78, 5) is 0. The number of hydrogen-bond acceptors (Lipinski definition) is 6. The minimum Gasteiger partial charge on any atom is -0.493 e. The molecule has 0 amide bonds. The maximum atomic E-state index is 6.19. The van der Waals surface area contributed by atoms with Gasteiger partial charge in [0.1, 0.15) is 6.54 Å². The van der Waals surface area contributed by atoms with Crippen LogP contribution in [0.15, 0.2) is 17.3 Å². The van der Waals surface area contributed by atoms with Crippen LogP contribution in [0.3, 0.4) is 0 Å². The van der Waals surface area contributed by atoms with E-state index in [-0.39, 0.29) is 0 Å². The lowest BCUT2D eigenvalue weighted by Gasteiger charge is -2.11. The number of nitrogens with zero attached hydrogens (tertiary/aromatic N) is 4. The summed E-state index contributed by atoms with van der Waals surface area (Å²) < 4.78 is 12.2. The van der Waals surface area contributed by atoms with E-state index in [1.54, 1.807) is 30.7 Å². The van der Waals surface area contributed by atoms with Crippen molar-refractivity contribution in [2.75, 3.05) is 26.5 Å². The van der Waals surface area contributed by atoms with Crippen LogP contribution in [0, 0.1) is 0 Å². The van der Waals surface area contributed by atoms with E-state index in [2.05, 4.69) is 20.8 Å². The highest BCUT2D eigenvalue weighted by Crippen LogP contribution is 2.35. The van der Waals surface area contributed by atoms with Gasteiger partial charge in [-0.3, -0.25) is 0 Å². The number of tetrazole rings is 1. The molecule has 0 unspecified atom stereocenters. The minimum atomic E-state index is 0.560. The van der Waals surface area contributed by atoms with Crippen molar-refractivity contribution < 1.29 is 14.8 Å².